The molecule has 156 valence electrons. The summed E-state index contributed by atoms with van der Waals surface area (Å²) in [4.78, 5) is 12.4. The summed E-state index contributed by atoms with van der Waals surface area (Å²) in [6.07, 6.45) is 3.27. The molecule has 0 aliphatic heterocycles. The molecule has 0 unspecified atom stereocenters. The maximum Gasteiger partial charge on any atom is 0.261 e. The SMILES string of the molecule is N#C/C(=C/c1ccc(OCc2ccccc2)c(Br)c1)C(=O)NCCCc1ccccc1. The molecular formula is C26H23BrN2O2. The van der Waals surface area contributed by atoms with Crippen LogP contribution < -0.4 is 10.1 Å². The number of hydrogen-bond acceptors (Lipinski definition) is 3. The molecule has 0 spiro atoms. The minimum atomic E-state index is -0.365. The summed E-state index contributed by atoms with van der Waals surface area (Å²) in [5.74, 6) is 0.334. The maximum atomic E-state index is 12.4. The van der Waals surface area contributed by atoms with Crippen LogP contribution in [0, 0.1) is 11.3 Å². The van der Waals surface area contributed by atoms with Crippen molar-refractivity contribution in [3.63, 3.8) is 0 Å². The molecule has 0 saturated heterocycles. The summed E-state index contributed by atoms with van der Waals surface area (Å²) >= 11 is 3.51. The van der Waals surface area contributed by atoms with Crippen LogP contribution in [0.3, 0.4) is 0 Å². The Balaban J connectivity index is 1.54. The number of carbonyl (C=O) groups excluding carboxylic acids is 1. The summed E-state index contributed by atoms with van der Waals surface area (Å²) in [6.45, 7) is 0.978. The van der Waals surface area contributed by atoms with Crippen LogP contribution in [0.2, 0.25) is 0 Å². The molecule has 1 N–H and O–H groups in total. The molecule has 0 aliphatic carbocycles. The Morgan fingerprint density at radius 2 is 1.68 bits per heavy atom. The van der Waals surface area contributed by atoms with Gasteiger partial charge < -0.3 is 10.1 Å². The van der Waals surface area contributed by atoms with E-state index in [-0.39, 0.29) is 11.5 Å². The highest BCUT2D eigenvalue weighted by Gasteiger charge is 2.09. The summed E-state index contributed by atoms with van der Waals surface area (Å²) < 4.78 is 6.61. The number of amides is 1. The number of nitrogens with one attached hydrogen (secondary N) is 1. The molecule has 0 saturated carbocycles. The van der Waals surface area contributed by atoms with Crippen LogP contribution >= 0.6 is 15.9 Å². The number of benzene rings is 3. The zero-order chi connectivity index (χ0) is 21.9. The van der Waals surface area contributed by atoms with Gasteiger partial charge in [-0.3, -0.25) is 4.79 Å². The van der Waals surface area contributed by atoms with Crippen molar-refractivity contribution in [1.82, 2.24) is 5.32 Å². The molecule has 3 aromatic carbocycles. The fourth-order valence-electron chi connectivity index (χ4n) is 3.01. The number of hydrogen-bond donors (Lipinski definition) is 1. The lowest BCUT2D eigenvalue weighted by Crippen LogP contribution is -2.25. The third kappa shape index (κ3) is 7.13. The van der Waals surface area contributed by atoms with Gasteiger partial charge in [0.2, 0.25) is 0 Å². The van der Waals surface area contributed by atoms with Crippen molar-refractivity contribution in [1.29, 1.82) is 5.26 Å². The smallest absolute Gasteiger partial charge is 0.261 e. The molecule has 3 rings (SSSR count). The van der Waals surface area contributed by atoms with Crippen molar-refractivity contribution in [3.8, 4) is 11.8 Å². The number of aryl methyl sites for hydroxylation is 1. The van der Waals surface area contributed by atoms with Gasteiger partial charge in [0.15, 0.2) is 0 Å². The van der Waals surface area contributed by atoms with E-state index >= 15 is 0 Å². The van der Waals surface area contributed by atoms with Crippen LogP contribution in [0.15, 0.2) is 88.9 Å². The first-order chi connectivity index (χ1) is 15.2. The van der Waals surface area contributed by atoms with E-state index in [1.54, 1.807) is 6.08 Å². The van der Waals surface area contributed by atoms with Crippen LogP contribution in [0.5, 0.6) is 5.75 Å². The monoisotopic (exact) mass is 474 g/mol. The van der Waals surface area contributed by atoms with Crippen LogP contribution in [-0.2, 0) is 17.8 Å². The highest BCUT2D eigenvalue weighted by Crippen LogP contribution is 2.27. The third-order valence-corrected chi connectivity index (χ3v) is 5.26. The Hall–Kier alpha value is -3.36. The van der Waals surface area contributed by atoms with Gasteiger partial charge in [0.25, 0.3) is 5.91 Å². The van der Waals surface area contributed by atoms with Crippen molar-refractivity contribution in [2.75, 3.05) is 6.54 Å². The number of rotatable bonds is 9. The van der Waals surface area contributed by atoms with Gasteiger partial charge >= 0.3 is 0 Å². The molecule has 0 atom stereocenters. The molecule has 5 heteroatoms. The molecule has 0 aliphatic rings. The fourth-order valence-corrected chi connectivity index (χ4v) is 3.52. The van der Waals surface area contributed by atoms with Gasteiger partial charge in [-0.25, -0.2) is 0 Å². The first-order valence-corrected chi connectivity index (χ1v) is 10.8. The summed E-state index contributed by atoms with van der Waals surface area (Å²) in [6, 6.07) is 27.5. The second kappa shape index (κ2) is 11.7. The first kappa shape index (κ1) is 22.3. The number of nitrogens with zero attached hydrogens (tertiary/aromatic N) is 1. The van der Waals surface area contributed by atoms with E-state index in [0.29, 0.717) is 18.9 Å². The van der Waals surface area contributed by atoms with E-state index in [2.05, 4.69) is 33.4 Å². The van der Waals surface area contributed by atoms with Crippen LogP contribution in [0.25, 0.3) is 6.08 Å². The molecule has 0 aromatic heterocycles. The van der Waals surface area contributed by atoms with Crippen molar-refractivity contribution < 1.29 is 9.53 Å². The largest absolute Gasteiger partial charge is 0.488 e. The molecule has 0 bridgehead atoms. The summed E-state index contributed by atoms with van der Waals surface area (Å²) in [5.41, 5.74) is 3.13. The van der Waals surface area contributed by atoms with E-state index in [1.165, 1.54) is 5.56 Å². The van der Waals surface area contributed by atoms with E-state index in [4.69, 9.17) is 4.74 Å². The lowest BCUT2D eigenvalue weighted by atomic mass is 10.1. The second-order valence-electron chi connectivity index (χ2n) is 6.98. The fraction of sp³-hybridized carbons (Fsp3) is 0.154. The van der Waals surface area contributed by atoms with E-state index in [1.807, 2.05) is 72.8 Å². The standard InChI is InChI=1S/C26H23BrN2O2/c27-24-17-22(13-14-25(24)31-19-21-10-5-2-6-11-21)16-23(18-28)26(30)29-15-7-12-20-8-3-1-4-9-20/h1-6,8-11,13-14,16-17H,7,12,15,19H2,(H,29,30)/b23-16-. The molecule has 4 nitrogen and oxygen atoms in total. The number of nitriles is 1. The Kier molecular flexibility index (Phi) is 8.45. The van der Waals surface area contributed by atoms with E-state index < -0.39 is 0 Å². The predicted octanol–water partition coefficient (Wildman–Crippen LogP) is 5.68. The van der Waals surface area contributed by atoms with E-state index in [9.17, 15) is 10.1 Å². The topological polar surface area (TPSA) is 62.1 Å². The summed E-state index contributed by atoms with van der Waals surface area (Å²) in [5, 5.41) is 12.2. The van der Waals surface area contributed by atoms with Crippen molar-refractivity contribution in [2.45, 2.75) is 19.4 Å². The molecule has 3 aromatic rings. The zero-order valence-corrected chi connectivity index (χ0v) is 18.6. The number of ether oxygens (including phenoxy) is 1. The van der Waals surface area contributed by atoms with Gasteiger partial charge in [-0.15, -0.1) is 0 Å². The van der Waals surface area contributed by atoms with Crippen LogP contribution in [-0.4, -0.2) is 12.5 Å². The molecule has 0 heterocycles. The van der Waals surface area contributed by atoms with Crippen molar-refractivity contribution in [2.24, 2.45) is 0 Å². The number of carbonyl (C=O) groups is 1. The first-order valence-electron chi connectivity index (χ1n) is 10.1. The molecular weight excluding hydrogens is 452 g/mol. The summed E-state index contributed by atoms with van der Waals surface area (Å²) in [7, 11) is 0. The lowest BCUT2D eigenvalue weighted by molar-refractivity contribution is -0.117. The van der Waals surface area contributed by atoms with Gasteiger partial charge in [0.05, 0.1) is 4.47 Å². The second-order valence-corrected chi connectivity index (χ2v) is 7.83. The molecule has 31 heavy (non-hydrogen) atoms. The Labute approximate surface area is 191 Å². The predicted molar refractivity (Wildman–Crippen MR) is 126 cm³/mol. The maximum absolute atomic E-state index is 12.4. The molecule has 0 fully saturated rings. The zero-order valence-electron chi connectivity index (χ0n) is 17.1. The minimum Gasteiger partial charge on any atom is -0.488 e. The van der Waals surface area contributed by atoms with Crippen LogP contribution in [0.1, 0.15) is 23.1 Å². The average molecular weight is 475 g/mol. The van der Waals surface area contributed by atoms with Gasteiger partial charge in [-0.1, -0.05) is 66.7 Å². The highest BCUT2D eigenvalue weighted by atomic mass is 79.9. The number of halogens is 1. The van der Waals surface area contributed by atoms with E-state index in [0.717, 1.165) is 28.4 Å². The van der Waals surface area contributed by atoms with Crippen molar-refractivity contribution >= 4 is 27.9 Å². The Morgan fingerprint density at radius 1 is 1.00 bits per heavy atom. The highest BCUT2D eigenvalue weighted by molar-refractivity contribution is 9.10. The Bertz CT molecular complexity index is 1070. The van der Waals surface area contributed by atoms with Gasteiger partial charge in [-0.2, -0.15) is 5.26 Å². The third-order valence-electron chi connectivity index (χ3n) is 4.64. The lowest BCUT2D eigenvalue weighted by Gasteiger charge is -2.09. The Morgan fingerprint density at radius 3 is 2.32 bits per heavy atom. The minimum absolute atomic E-state index is 0.0737. The molecule has 1 amide bonds. The van der Waals surface area contributed by atoms with Crippen molar-refractivity contribution in [3.05, 3.63) is 106 Å². The quantitative estimate of drug-likeness (QED) is 0.246. The molecule has 0 radical (unpaired) electrons. The van der Waals surface area contributed by atoms with Gasteiger partial charge in [0.1, 0.15) is 24.0 Å². The van der Waals surface area contributed by atoms with Crippen LogP contribution in [0.4, 0.5) is 0 Å². The average Bonchev–Trinajstić information content (AvgIpc) is 2.81. The van der Waals surface area contributed by atoms with Gasteiger partial charge in [0, 0.05) is 6.54 Å². The normalized spacial score (nSPS) is 10.9. The van der Waals surface area contributed by atoms with Gasteiger partial charge in [-0.05, 0) is 63.7 Å².